The van der Waals surface area contributed by atoms with Gasteiger partial charge in [0.15, 0.2) is 0 Å². The largest absolute Gasteiger partial charge is 0.497 e. The molecule has 0 aromatic heterocycles. The van der Waals surface area contributed by atoms with Crippen LogP contribution in [0.2, 0.25) is 0 Å². The highest BCUT2D eigenvalue weighted by Crippen LogP contribution is 2.18. The van der Waals surface area contributed by atoms with Gasteiger partial charge in [-0.1, -0.05) is 13.8 Å². The maximum atomic E-state index is 10.7. The fourth-order valence-electron chi connectivity index (χ4n) is 1.60. The van der Waals surface area contributed by atoms with E-state index in [0.717, 1.165) is 24.1 Å². The summed E-state index contributed by atoms with van der Waals surface area (Å²) in [5, 5.41) is 3.34. The maximum absolute atomic E-state index is 10.7. The molecule has 3 heteroatoms. The van der Waals surface area contributed by atoms with Crippen molar-refractivity contribution >= 4 is 12.0 Å². The van der Waals surface area contributed by atoms with E-state index < -0.39 is 0 Å². The summed E-state index contributed by atoms with van der Waals surface area (Å²) in [5.41, 5.74) is 1.02. The van der Waals surface area contributed by atoms with Crippen LogP contribution in [0.5, 0.6) is 5.75 Å². The van der Waals surface area contributed by atoms with Crippen molar-refractivity contribution in [3.05, 3.63) is 24.3 Å². The summed E-state index contributed by atoms with van der Waals surface area (Å²) < 4.78 is 5.09. The molecule has 88 valence electrons. The van der Waals surface area contributed by atoms with Crippen LogP contribution in [0.3, 0.4) is 0 Å². The molecule has 1 rings (SSSR count). The fraction of sp³-hybridized carbons (Fsp3) is 0.462. The maximum Gasteiger partial charge on any atom is 0.124 e. The predicted octanol–water partition coefficient (Wildman–Crippen LogP) is 2.72. The number of ether oxygens (including phenoxy) is 1. The molecule has 0 aliphatic heterocycles. The van der Waals surface area contributed by atoms with Crippen LogP contribution in [0.1, 0.15) is 20.3 Å². The molecule has 0 unspecified atom stereocenters. The predicted molar refractivity (Wildman–Crippen MR) is 65.9 cm³/mol. The van der Waals surface area contributed by atoms with Crippen LogP contribution < -0.4 is 10.1 Å². The van der Waals surface area contributed by atoms with Gasteiger partial charge in [-0.3, -0.25) is 0 Å². The molecule has 16 heavy (non-hydrogen) atoms. The van der Waals surface area contributed by atoms with Gasteiger partial charge in [-0.15, -0.1) is 0 Å². The Morgan fingerprint density at radius 3 is 2.44 bits per heavy atom. The number of hydrogen-bond donors (Lipinski definition) is 1. The first kappa shape index (κ1) is 12.6. The van der Waals surface area contributed by atoms with Crippen molar-refractivity contribution in [3.63, 3.8) is 0 Å². The summed E-state index contributed by atoms with van der Waals surface area (Å²) in [5.74, 6) is 0.856. The Kier molecular flexibility index (Phi) is 4.83. The number of rotatable bonds is 6. The van der Waals surface area contributed by atoms with Gasteiger partial charge in [-0.25, -0.2) is 0 Å². The minimum atomic E-state index is 0.0205. The summed E-state index contributed by atoms with van der Waals surface area (Å²) in [4.78, 5) is 10.7. The van der Waals surface area contributed by atoms with Gasteiger partial charge in [0, 0.05) is 17.6 Å². The fourth-order valence-corrected chi connectivity index (χ4v) is 1.60. The SMILES string of the molecule is CC[C@@H](Nc1ccc(OC)cc1)[C@H](C)C=O. The first-order valence-corrected chi connectivity index (χ1v) is 5.57. The van der Waals surface area contributed by atoms with Crippen molar-refractivity contribution in [1.29, 1.82) is 0 Å². The Balaban J connectivity index is 2.66. The first-order valence-electron chi connectivity index (χ1n) is 5.57. The molecule has 0 aliphatic carbocycles. The minimum Gasteiger partial charge on any atom is -0.497 e. The summed E-state index contributed by atoms with van der Waals surface area (Å²) in [7, 11) is 1.64. The molecule has 1 N–H and O–H groups in total. The molecule has 2 atom stereocenters. The van der Waals surface area contributed by atoms with Gasteiger partial charge in [-0.05, 0) is 30.7 Å². The van der Waals surface area contributed by atoms with Gasteiger partial charge in [0.25, 0.3) is 0 Å². The number of hydrogen-bond acceptors (Lipinski definition) is 3. The van der Waals surface area contributed by atoms with Crippen LogP contribution in [-0.2, 0) is 4.79 Å². The molecular formula is C13H19NO2. The third-order valence-electron chi connectivity index (χ3n) is 2.73. The molecule has 0 aliphatic rings. The highest BCUT2D eigenvalue weighted by atomic mass is 16.5. The lowest BCUT2D eigenvalue weighted by molar-refractivity contribution is -0.111. The normalized spacial score (nSPS) is 13.9. The topological polar surface area (TPSA) is 38.3 Å². The number of benzene rings is 1. The zero-order valence-corrected chi connectivity index (χ0v) is 10.1. The number of anilines is 1. The first-order chi connectivity index (χ1) is 7.71. The van der Waals surface area contributed by atoms with Crippen molar-refractivity contribution in [2.24, 2.45) is 5.92 Å². The van der Waals surface area contributed by atoms with Crippen LogP contribution in [0.15, 0.2) is 24.3 Å². The zero-order valence-electron chi connectivity index (χ0n) is 10.1. The molecule has 0 bridgehead atoms. The van der Waals surface area contributed by atoms with Gasteiger partial charge in [0.2, 0.25) is 0 Å². The Hall–Kier alpha value is -1.51. The lowest BCUT2D eigenvalue weighted by atomic mass is 10.0. The molecule has 0 spiro atoms. The third-order valence-corrected chi connectivity index (χ3v) is 2.73. The molecule has 0 radical (unpaired) electrons. The van der Waals surface area contributed by atoms with E-state index in [-0.39, 0.29) is 12.0 Å². The van der Waals surface area contributed by atoms with Crippen molar-refractivity contribution in [1.82, 2.24) is 0 Å². The standard InChI is InChI=1S/C13H19NO2/c1-4-13(10(2)9-15)14-11-5-7-12(16-3)8-6-11/h5-10,13-14H,4H2,1-3H3/t10-,13-/m1/s1. The number of carbonyl (C=O) groups is 1. The van der Waals surface area contributed by atoms with E-state index in [0.29, 0.717) is 0 Å². The number of carbonyl (C=O) groups excluding carboxylic acids is 1. The summed E-state index contributed by atoms with van der Waals surface area (Å²) in [6, 6.07) is 7.91. The molecule has 0 saturated carbocycles. The van der Waals surface area contributed by atoms with E-state index in [9.17, 15) is 4.79 Å². The quantitative estimate of drug-likeness (QED) is 0.751. The van der Waals surface area contributed by atoms with Crippen molar-refractivity contribution in [2.45, 2.75) is 26.3 Å². The average molecular weight is 221 g/mol. The van der Waals surface area contributed by atoms with Gasteiger partial charge in [0.05, 0.1) is 7.11 Å². The highest BCUT2D eigenvalue weighted by Gasteiger charge is 2.13. The lowest BCUT2D eigenvalue weighted by Gasteiger charge is -2.21. The Bertz CT molecular complexity index is 321. The van der Waals surface area contributed by atoms with Gasteiger partial charge >= 0.3 is 0 Å². The third kappa shape index (κ3) is 3.26. The van der Waals surface area contributed by atoms with Gasteiger partial charge < -0.3 is 14.8 Å². The molecule has 1 aromatic rings. The lowest BCUT2D eigenvalue weighted by Crippen LogP contribution is -2.27. The smallest absolute Gasteiger partial charge is 0.124 e. The van der Waals surface area contributed by atoms with Crippen LogP contribution in [0, 0.1) is 5.92 Å². The van der Waals surface area contributed by atoms with E-state index >= 15 is 0 Å². The second kappa shape index (κ2) is 6.16. The van der Waals surface area contributed by atoms with Crippen LogP contribution in [0.25, 0.3) is 0 Å². The second-order valence-electron chi connectivity index (χ2n) is 3.88. The molecule has 1 aromatic carbocycles. The molecule has 0 heterocycles. The molecule has 3 nitrogen and oxygen atoms in total. The summed E-state index contributed by atoms with van der Waals surface area (Å²) >= 11 is 0. The van der Waals surface area contributed by atoms with E-state index in [1.54, 1.807) is 7.11 Å². The number of nitrogens with one attached hydrogen (secondary N) is 1. The molecular weight excluding hydrogens is 202 g/mol. The van der Waals surface area contributed by atoms with Crippen molar-refractivity contribution in [3.8, 4) is 5.75 Å². The summed E-state index contributed by atoms with van der Waals surface area (Å²) in [6.07, 6.45) is 1.91. The van der Waals surface area contributed by atoms with E-state index in [1.807, 2.05) is 31.2 Å². The van der Waals surface area contributed by atoms with E-state index in [2.05, 4.69) is 12.2 Å². The van der Waals surface area contributed by atoms with Crippen molar-refractivity contribution in [2.75, 3.05) is 12.4 Å². The van der Waals surface area contributed by atoms with Crippen LogP contribution >= 0.6 is 0 Å². The Labute approximate surface area is 96.8 Å². The van der Waals surface area contributed by atoms with Crippen LogP contribution in [-0.4, -0.2) is 19.4 Å². The average Bonchev–Trinajstić information content (AvgIpc) is 2.35. The zero-order chi connectivity index (χ0) is 12.0. The molecule has 0 fully saturated rings. The second-order valence-corrected chi connectivity index (χ2v) is 3.88. The summed E-state index contributed by atoms with van der Waals surface area (Å²) in [6.45, 7) is 4.00. The van der Waals surface area contributed by atoms with Gasteiger partial charge in [-0.2, -0.15) is 0 Å². The molecule has 0 amide bonds. The Morgan fingerprint density at radius 1 is 1.38 bits per heavy atom. The molecule has 0 saturated heterocycles. The Morgan fingerprint density at radius 2 is 2.00 bits per heavy atom. The number of methoxy groups -OCH3 is 1. The number of aldehydes is 1. The van der Waals surface area contributed by atoms with Crippen molar-refractivity contribution < 1.29 is 9.53 Å². The van der Waals surface area contributed by atoms with E-state index in [1.165, 1.54) is 0 Å². The monoisotopic (exact) mass is 221 g/mol. The minimum absolute atomic E-state index is 0.0205. The van der Waals surface area contributed by atoms with E-state index in [4.69, 9.17) is 4.74 Å². The van der Waals surface area contributed by atoms with Gasteiger partial charge in [0.1, 0.15) is 12.0 Å². The highest BCUT2D eigenvalue weighted by molar-refractivity contribution is 5.56. The van der Waals surface area contributed by atoms with Crippen LogP contribution in [0.4, 0.5) is 5.69 Å².